The zero-order valence-electron chi connectivity index (χ0n) is 16.2. The average molecular weight is 394 g/mol. The van der Waals surface area contributed by atoms with Gasteiger partial charge >= 0.3 is 5.97 Å². The highest BCUT2D eigenvalue weighted by Gasteiger charge is 2.77. The highest BCUT2D eigenvalue weighted by atomic mass is 16.9. The highest BCUT2D eigenvalue weighted by Crippen LogP contribution is 2.69. The summed E-state index contributed by atoms with van der Waals surface area (Å²) in [5.74, 6) is -3.59. The van der Waals surface area contributed by atoms with Crippen LogP contribution >= 0.6 is 0 Å². The lowest BCUT2D eigenvalue weighted by Crippen LogP contribution is -2.66. The molecule has 5 rings (SSSR count). The number of fused-ring (bicyclic) bond motifs is 5. The van der Waals surface area contributed by atoms with E-state index in [0.29, 0.717) is 12.8 Å². The van der Waals surface area contributed by atoms with E-state index >= 15 is 0 Å². The van der Waals surface area contributed by atoms with E-state index in [4.69, 9.17) is 18.9 Å². The van der Waals surface area contributed by atoms with Gasteiger partial charge in [-0.1, -0.05) is 6.92 Å². The van der Waals surface area contributed by atoms with Gasteiger partial charge in [0, 0.05) is 24.2 Å². The maximum absolute atomic E-state index is 13.4. The molecule has 2 spiro atoms. The van der Waals surface area contributed by atoms with Crippen molar-refractivity contribution in [1.82, 2.24) is 0 Å². The Morgan fingerprint density at radius 1 is 1.11 bits per heavy atom. The molecule has 0 aromatic carbocycles. The first-order valence-corrected chi connectivity index (χ1v) is 10.0. The molecule has 4 unspecified atom stereocenters. The minimum atomic E-state index is -1.64. The van der Waals surface area contributed by atoms with Crippen LogP contribution in [0, 0.1) is 28.6 Å². The summed E-state index contributed by atoms with van der Waals surface area (Å²) in [6.07, 6.45) is 2.33. The van der Waals surface area contributed by atoms with Crippen molar-refractivity contribution in [3.05, 3.63) is 0 Å². The summed E-state index contributed by atoms with van der Waals surface area (Å²) in [5.41, 5.74) is -3.01. The molecule has 2 saturated heterocycles. The molecule has 8 nitrogen and oxygen atoms in total. The van der Waals surface area contributed by atoms with Crippen molar-refractivity contribution < 1.29 is 38.4 Å². The van der Waals surface area contributed by atoms with Crippen molar-refractivity contribution in [2.24, 2.45) is 28.6 Å². The molecule has 5 aliphatic rings. The number of ketones is 2. The van der Waals surface area contributed by atoms with E-state index in [1.807, 2.05) is 6.92 Å². The standard InChI is InChI=1S/C20H26O8/c1-17-7-13(21)15-11(3-4-14(22)18(15,2)16(23)24)12(17)5-6-19(17)20(28-10-26-19)8-25-9-27-20/h11-12,15H,3-10H2,1-2H3,(H,23,24)/t11?,12?,15?,17-,18-,19+,20?/m0/s1. The van der Waals surface area contributed by atoms with Gasteiger partial charge in [0.25, 0.3) is 0 Å². The number of ether oxygens (including phenoxy) is 4. The summed E-state index contributed by atoms with van der Waals surface area (Å²) in [7, 11) is 0. The molecule has 3 saturated carbocycles. The first kappa shape index (κ1) is 18.7. The number of aliphatic carboxylic acids is 1. The molecule has 8 heteroatoms. The summed E-state index contributed by atoms with van der Waals surface area (Å²) < 4.78 is 23.5. The van der Waals surface area contributed by atoms with Gasteiger partial charge < -0.3 is 24.1 Å². The Morgan fingerprint density at radius 3 is 2.54 bits per heavy atom. The van der Waals surface area contributed by atoms with E-state index < -0.39 is 34.1 Å². The van der Waals surface area contributed by atoms with Crippen LogP contribution in [0.15, 0.2) is 0 Å². The lowest BCUT2D eigenvalue weighted by atomic mass is 9.47. The fourth-order valence-corrected chi connectivity index (χ4v) is 7.25. The van der Waals surface area contributed by atoms with Gasteiger partial charge in [0.15, 0.2) is 19.4 Å². The molecular weight excluding hydrogens is 368 g/mol. The monoisotopic (exact) mass is 394 g/mol. The molecule has 1 N–H and O–H groups in total. The number of Topliss-reactive ketones (excluding diaryl/α,β-unsaturated/α-hetero) is 2. The number of carbonyl (C=O) groups excluding carboxylic acids is 2. The molecule has 0 aromatic rings. The van der Waals surface area contributed by atoms with Crippen LogP contribution in [0.3, 0.4) is 0 Å². The molecule has 0 amide bonds. The minimum Gasteiger partial charge on any atom is -0.480 e. The maximum Gasteiger partial charge on any atom is 0.317 e. The molecule has 5 fully saturated rings. The molecule has 28 heavy (non-hydrogen) atoms. The summed E-state index contributed by atoms with van der Waals surface area (Å²) in [6.45, 7) is 3.94. The van der Waals surface area contributed by atoms with Crippen LogP contribution in [0.4, 0.5) is 0 Å². The van der Waals surface area contributed by atoms with Crippen molar-refractivity contribution in [1.29, 1.82) is 0 Å². The second kappa shape index (κ2) is 5.62. The van der Waals surface area contributed by atoms with Crippen LogP contribution < -0.4 is 0 Å². The predicted molar refractivity (Wildman–Crippen MR) is 91.8 cm³/mol. The molecule has 0 radical (unpaired) electrons. The van der Waals surface area contributed by atoms with E-state index in [1.54, 1.807) is 0 Å². The number of hydrogen-bond donors (Lipinski definition) is 1. The van der Waals surface area contributed by atoms with Gasteiger partial charge in [0.1, 0.15) is 23.4 Å². The first-order valence-electron chi connectivity index (χ1n) is 10.0. The van der Waals surface area contributed by atoms with Gasteiger partial charge in [0.05, 0.1) is 0 Å². The third-order valence-electron chi connectivity index (χ3n) is 8.61. The van der Waals surface area contributed by atoms with Gasteiger partial charge in [-0.25, -0.2) is 0 Å². The minimum absolute atomic E-state index is 0.0600. The van der Waals surface area contributed by atoms with Crippen LogP contribution in [0.2, 0.25) is 0 Å². The molecular formula is C20H26O8. The smallest absolute Gasteiger partial charge is 0.317 e. The SMILES string of the molecule is C[C@]1(C(=O)O)C(=O)CCC2C1C(=O)C[C@@]1(C)C2CC[C@@]12OCOC21COCO1. The molecule has 154 valence electrons. The molecule has 0 bridgehead atoms. The van der Waals surface area contributed by atoms with Crippen molar-refractivity contribution in [3.63, 3.8) is 0 Å². The molecule has 3 aliphatic carbocycles. The normalized spacial score (nSPS) is 53.0. The molecule has 0 aromatic heterocycles. The Labute approximate surface area is 162 Å². The number of hydrogen-bond acceptors (Lipinski definition) is 7. The van der Waals surface area contributed by atoms with E-state index in [0.717, 1.165) is 6.42 Å². The number of carboxylic acid groups (broad SMARTS) is 1. The summed E-state index contributed by atoms with van der Waals surface area (Å²) in [4.78, 5) is 38.0. The molecule has 2 aliphatic heterocycles. The van der Waals surface area contributed by atoms with E-state index in [1.165, 1.54) is 6.92 Å². The molecule has 7 atom stereocenters. The zero-order valence-corrected chi connectivity index (χ0v) is 16.2. The predicted octanol–water partition coefficient (Wildman–Crippen LogP) is 1.51. The highest BCUT2D eigenvalue weighted by molar-refractivity contribution is 6.08. The number of rotatable bonds is 1. The average Bonchev–Trinajstić information content (AvgIpc) is 3.33. The van der Waals surface area contributed by atoms with Gasteiger partial charge in [0.2, 0.25) is 5.79 Å². The van der Waals surface area contributed by atoms with E-state index in [9.17, 15) is 19.5 Å². The molecule has 2 heterocycles. The van der Waals surface area contributed by atoms with E-state index in [-0.39, 0.29) is 56.4 Å². The number of carbonyl (C=O) groups is 3. The largest absolute Gasteiger partial charge is 0.480 e. The first-order chi connectivity index (χ1) is 13.2. The van der Waals surface area contributed by atoms with Crippen LogP contribution in [-0.4, -0.2) is 54.2 Å². The Bertz CT molecular complexity index is 752. The van der Waals surface area contributed by atoms with Crippen LogP contribution in [0.5, 0.6) is 0 Å². The summed E-state index contributed by atoms with van der Waals surface area (Å²) in [6, 6.07) is 0. The van der Waals surface area contributed by atoms with Crippen LogP contribution in [-0.2, 0) is 33.3 Å². The second-order valence-corrected chi connectivity index (χ2v) is 9.41. The summed E-state index contributed by atoms with van der Waals surface area (Å²) in [5, 5.41) is 9.85. The van der Waals surface area contributed by atoms with Crippen molar-refractivity contribution >= 4 is 17.5 Å². The van der Waals surface area contributed by atoms with E-state index in [2.05, 4.69) is 0 Å². The Kier molecular flexibility index (Phi) is 3.75. The summed E-state index contributed by atoms with van der Waals surface area (Å²) >= 11 is 0. The lowest BCUT2D eigenvalue weighted by Gasteiger charge is -2.56. The van der Waals surface area contributed by atoms with Gasteiger partial charge in [-0.3, -0.25) is 14.4 Å². The van der Waals surface area contributed by atoms with Gasteiger partial charge in [-0.2, -0.15) is 0 Å². The van der Waals surface area contributed by atoms with Gasteiger partial charge in [-0.05, 0) is 38.0 Å². The zero-order chi connectivity index (χ0) is 19.9. The third-order valence-corrected chi connectivity index (χ3v) is 8.61. The lowest BCUT2D eigenvalue weighted by molar-refractivity contribution is -0.246. The topological polar surface area (TPSA) is 108 Å². The van der Waals surface area contributed by atoms with Crippen LogP contribution in [0.25, 0.3) is 0 Å². The fourth-order valence-electron chi connectivity index (χ4n) is 7.25. The number of carboxylic acids is 1. The fraction of sp³-hybridized carbons (Fsp3) is 0.850. The third kappa shape index (κ3) is 1.88. The van der Waals surface area contributed by atoms with Crippen molar-refractivity contribution in [3.8, 4) is 0 Å². The Morgan fingerprint density at radius 2 is 1.86 bits per heavy atom. The van der Waals surface area contributed by atoms with Crippen molar-refractivity contribution in [2.75, 3.05) is 20.2 Å². The maximum atomic E-state index is 13.4. The second-order valence-electron chi connectivity index (χ2n) is 9.41. The Hall–Kier alpha value is -1.35. The van der Waals surface area contributed by atoms with Crippen molar-refractivity contribution in [2.45, 2.75) is 57.3 Å². The van der Waals surface area contributed by atoms with Crippen LogP contribution in [0.1, 0.15) is 46.0 Å². The quantitative estimate of drug-likeness (QED) is 0.667. The van der Waals surface area contributed by atoms with Gasteiger partial charge in [-0.15, -0.1) is 0 Å². The Balaban J connectivity index is 1.59.